The molecule has 6 heteroatoms. The molecule has 0 aliphatic rings. The summed E-state index contributed by atoms with van der Waals surface area (Å²) in [6.45, 7) is 3.52. The number of hydrogen-bond acceptors (Lipinski definition) is 5. The maximum atomic E-state index is 13.6. The maximum Gasteiger partial charge on any atom is 0.226 e. The highest BCUT2D eigenvalue weighted by Gasteiger charge is 2.10. The largest absolute Gasteiger partial charge is 0.485 e. The smallest absolute Gasteiger partial charge is 0.226 e. The fourth-order valence-electron chi connectivity index (χ4n) is 1.58. The van der Waals surface area contributed by atoms with E-state index in [2.05, 4.69) is 10.1 Å². The lowest BCUT2D eigenvalue weighted by atomic mass is 10.1. The predicted octanol–water partition coefficient (Wildman–Crippen LogP) is 2.40. The van der Waals surface area contributed by atoms with Gasteiger partial charge in [-0.2, -0.15) is 4.98 Å². The molecule has 0 radical (unpaired) electrons. The molecule has 0 saturated carbocycles. The summed E-state index contributed by atoms with van der Waals surface area (Å²) >= 11 is 0. The Kier molecular flexibility index (Phi) is 4.11. The van der Waals surface area contributed by atoms with E-state index in [1.165, 1.54) is 19.1 Å². The van der Waals surface area contributed by atoms with Gasteiger partial charge in [-0.25, -0.2) is 4.39 Å². The van der Waals surface area contributed by atoms with Crippen molar-refractivity contribution in [1.29, 1.82) is 0 Å². The van der Waals surface area contributed by atoms with Crippen molar-refractivity contribution in [2.45, 2.75) is 33.0 Å². The fourth-order valence-corrected chi connectivity index (χ4v) is 1.58. The van der Waals surface area contributed by atoms with Gasteiger partial charge in [0.15, 0.2) is 6.61 Å². The Bertz CT molecular complexity index is 555. The van der Waals surface area contributed by atoms with E-state index >= 15 is 0 Å². The molecular weight excluding hydrogens is 251 g/mol. The number of halogens is 1. The molecule has 1 N–H and O–H groups in total. The molecule has 2 rings (SSSR count). The minimum atomic E-state index is -0.849. The number of rotatable bonds is 5. The predicted molar refractivity (Wildman–Crippen MR) is 65.0 cm³/mol. The fraction of sp³-hybridized carbons (Fsp3) is 0.385. The van der Waals surface area contributed by atoms with Gasteiger partial charge >= 0.3 is 0 Å². The first-order valence-electron chi connectivity index (χ1n) is 6.02. The molecular formula is C13H15FN2O3. The zero-order valence-corrected chi connectivity index (χ0v) is 10.8. The lowest BCUT2D eigenvalue weighted by molar-refractivity contribution is 0.193. The number of aryl methyl sites for hydroxylation is 1. The Morgan fingerprint density at radius 1 is 1.47 bits per heavy atom. The highest BCUT2D eigenvalue weighted by molar-refractivity contribution is 5.30. The molecule has 5 nitrogen and oxygen atoms in total. The molecule has 0 bridgehead atoms. The van der Waals surface area contributed by atoms with E-state index in [0.717, 1.165) is 0 Å². The molecule has 1 aromatic carbocycles. The SMILES string of the molecule is CCc1nc(COc2ccc(C(C)O)c(F)c2)no1. The first-order valence-corrected chi connectivity index (χ1v) is 6.02. The van der Waals surface area contributed by atoms with Gasteiger partial charge in [0.2, 0.25) is 11.7 Å². The number of nitrogens with zero attached hydrogens (tertiary/aromatic N) is 2. The van der Waals surface area contributed by atoms with E-state index in [0.29, 0.717) is 23.9 Å². The number of benzene rings is 1. The van der Waals surface area contributed by atoms with Crippen LogP contribution in [0, 0.1) is 5.82 Å². The molecule has 0 aliphatic carbocycles. The van der Waals surface area contributed by atoms with Gasteiger partial charge < -0.3 is 14.4 Å². The van der Waals surface area contributed by atoms with E-state index in [9.17, 15) is 9.50 Å². The van der Waals surface area contributed by atoms with Gasteiger partial charge in [0.05, 0.1) is 6.10 Å². The van der Waals surface area contributed by atoms with Crippen molar-refractivity contribution in [3.8, 4) is 5.75 Å². The van der Waals surface area contributed by atoms with Crippen LogP contribution >= 0.6 is 0 Å². The van der Waals surface area contributed by atoms with Crippen molar-refractivity contribution in [3.63, 3.8) is 0 Å². The molecule has 0 saturated heterocycles. The first kappa shape index (κ1) is 13.5. The number of hydrogen-bond donors (Lipinski definition) is 1. The lowest BCUT2D eigenvalue weighted by Crippen LogP contribution is -2.00. The molecule has 0 spiro atoms. The van der Waals surface area contributed by atoms with Gasteiger partial charge in [0.1, 0.15) is 11.6 Å². The maximum absolute atomic E-state index is 13.6. The van der Waals surface area contributed by atoms with Crippen LogP contribution in [0.1, 0.15) is 37.2 Å². The van der Waals surface area contributed by atoms with Crippen LogP contribution in [-0.2, 0) is 13.0 Å². The van der Waals surface area contributed by atoms with Crippen molar-refractivity contribution in [2.75, 3.05) is 0 Å². The highest BCUT2D eigenvalue weighted by atomic mass is 19.1. The van der Waals surface area contributed by atoms with Crippen LogP contribution in [0.2, 0.25) is 0 Å². The number of aliphatic hydroxyl groups excluding tert-OH is 1. The molecule has 2 aromatic rings. The lowest BCUT2D eigenvalue weighted by Gasteiger charge is -2.08. The third-order valence-corrected chi connectivity index (χ3v) is 2.60. The Morgan fingerprint density at radius 2 is 2.26 bits per heavy atom. The summed E-state index contributed by atoms with van der Waals surface area (Å²) in [6.07, 6.45) is -0.191. The normalized spacial score (nSPS) is 12.4. The van der Waals surface area contributed by atoms with Crippen LogP contribution in [0.3, 0.4) is 0 Å². The van der Waals surface area contributed by atoms with Crippen LogP contribution < -0.4 is 4.74 Å². The van der Waals surface area contributed by atoms with E-state index in [4.69, 9.17) is 9.26 Å². The number of aromatic nitrogens is 2. The molecule has 1 unspecified atom stereocenters. The third kappa shape index (κ3) is 3.29. The third-order valence-electron chi connectivity index (χ3n) is 2.60. The minimum Gasteiger partial charge on any atom is -0.485 e. The number of ether oxygens (including phenoxy) is 1. The zero-order valence-electron chi connectivity index (χ0n) is 10.8. The van der Waals surface area contributed by atoms with Crippen molar-refractivity contribution in [2.24, 2.45) is 0 Å². The second-order valence-corrected chi connectivity index (χ2v) is 4.11. The average Bonchev–Trinajstić information content (AvgIpc) is 2.84. The van der Waals surface area contributed by atoms with Crippen LogP contribution in [0.15, 0.2) is 22.7 Å². The quantitative estimate of drug-likeness (QED) is 0.900. The Balaban J connectivity index is 2.01. The number of aliphatic hydroxyl groups is 1. The minimum absolute atomic E-state index is 0.108. The van der Waals surface area contributed by atoms with Gasteiger partial charge in [0.25, 0.3) is 0 Å². The van der Waals surface area contributed by atoms with Gasteiger partial charge in [-0.15, -0.1) is 0 Å². The van der Waals surface area contributed by atoms with E-state index in [1.54, 1.807) is 6.07 Å². The molecule has 1 atom stereocenters. The van der Waals surface area contributed by atoms with Crippen molar-refractivity contribution < 1.29 is 18.8 Å². The van der Waals surface area contributed by atoms with Gasteiger partial charge in [-0.05, 0) is 19.1 Å². The van der Waals surface area contributed by atoms with Crippen LogP contribution in [-0.4, -0.2) is 15.2 Å². The highest BCUT2D eigenvalue weighted by Crippen LogP contribution is 2.22. The Morgan fingerprint density at radius 3 is 2.84 bits per heavy atom. The summed E-state index contributed by atoms with van der Waals surface area (Å²) in [5, 5.41) is 13.0. The first-order chi connectivity index (χ1) is 9.10. The summed E-state index contributed by atoms with van der Waals surface area (Å²) in [5.74, 6) is 0.797. The van der Waals surface area contributed by atoms with Crippen LogP contribution in [0.25, 0.3) is 0 Å². The molecule has 0 aliphatic heterocycles. The summed E-state index contributed by atoms with van der Waals surface area (Å²) < 4.78 is 23.9. The molecule has 0 fully saturated rings. The standard InChI is InChI=1S/C13H15FN2O3/c1-3-13-15-12(16-19-13)7-18-9-4-5-10(8(2)17)11(14)6-9/h4-6,8,17H,3,7H2,1-2H3. The van der Waals surface area contributed by atoms with Gasteiger partial charge in [-0.3, -0.25) is 0 Å². The Labute approximate surface area is 110 Å². The van der Waals surface area contributed by atoms with Crippen LogP contribution in [0.4, 0.5) is 4.39 Å². The van der Waals surface area contributed by atoms with E-state index in [1.807, 2.05) is 6.92 Å². The topological polar surface area (TPSA) is 68.4 Å². The average molecular weight is 266 g/mol. The summed E-state index contributed by atoms with van der Waals surface area (Å²) in [4.78, 5) is 4.08. The Hall–Kier alpha value is -1.95. The molecule has 0 amide bonds. The molecule has 102 valence electrons. The van der Waals surface area contributed by atoms with E-state index < -0.39 is 11.9 Å². The summed E-state index contributed by atoms with van der Waals surface area (Å²) in [6, 6.07) is 4.30. The molecule has 1 heterocycles. The van der Waals surface area contributed by atoms with Crippen molar-refractivity contribution in [3.05, 3.63) is 41.3 Å². The second kappa shape index (κ2) is 5.79. The van der Waals surface area contributed by atoms with Gasteiger partial charge in [0, 0.05) is 18.1 Å². The second-order valence-electron chi connectivity index (χ2n) is 4.11. The van der Waals surface area contributed by atoms with Crippen molar-refractivity contribution in [1.82, 2.24) is 10.1 Å². The summed E-state index contributed by atoms with van der Waals surface area (Å²) in [5.41, 5.74) is 0.236. The van der Waals surface area contributed by atoms with Crippen LogP contribution in [0.5, 0.6) is 5.75 Å². The zero-order chi connectivity index (χ0) is 13.8. The monoisotopic (exact) mass is 266 g/mol. The molecule has 19 heavy (non-hydrogen) atoms. The van der Waals surface area contributed by atoms with Gasteiger partial charge in [-0.1, -0.05) is 12.1 Å². The van der Waals surface area contributed by atoms with Crippen molar-refractivity contribution >= 4 is 0 Å². The summed E-state index contributed by atoms with van der Waals surface area (Å²) in [7, 11) is 0. The molecule has 1 aromatic heterocycles. The van der Waals surface area contributed by atoms with E-state index in [-0.39, 0.29) is 12.2 Å².